The van der Waals surface area contributed by atoms with Gasteiger partial charge in [0, 0.05) is 27.4 Å². The number of para-hydroxylation sites is 2. The molecule has 0 radical (unpaired) electrons. The highest BCUT2D eigenvalue weighted by atomic mass is 16.3. The van der Waals surface area contributed by atoms with Gasteiger partial charge in [-0.3, -0.25) is 0 Å². The lowest BCUT2D eigenvalue weighted by Crippen LogP contribution is -1.95. The van der Waals surface area contributed by atoms with E-state index in [4.69, 9.17) is 9.40 Å². The summed E-state index contributed by atoms with van der Waals surface area (Å²) < 4.78 is 8.93. The van der Waals surface area contributed by atoms with Gasteiger partial charge in [-0.15, -0.1) is 0 Å². The van der Waals surface area contributed by atoms with Crippen LogP contribution in [0.3, 0.4) is 0 Å². The third-order valence-corrected chi connectivity index (χ3v) is 11.6. The van der Waals surface area contributed by atoms with Crippen LogP contribution in [0.25, 0.3) is 115 Å². The van der Waals surface area contributed by atoms with Crippen molar-refractivity contribution in [2.75, 3.05) is 0 Å². The van der Waals surface area contributed by atoms with E-state index in [0.29, 0.717) is 5.89 Å². The Hall–Kier alpha value is -7.49. The van der Waals surface area contributed by atoms with E-state index in [2.05, 4.69) is 168 Å². The molecule has 0 saturated heterocycles. The Bertz CT molecular complexity index is 3430. The number of benzene rings is 10. The lowest BCUT2D eigenvalue weighted by Gasteiger charge is -2.19. The minimum absolute atomic E-state index is 0.639. The second-order valence-electron chi connectivity index (χ2n) is 14.7. The molecule has 0 aliphatic heterocycles. The molecule has 0 aliphatic rings. The fourth-order valence-corrected chi connectivity index (χ4v) is 9.14. The van der Waals surface area contributed by atoms with Gasteiger partial charge in [0.15, 0.2) is 5.58 Å². The Balaban J connectivity index is 1.07. The Morgan fingerprint density at radius 2 is 0.911 bits per heavy atom. The van der Waals surface area contributed by atoms with E-state index in [0.717, 1.165) is 43.9 Å². The number of rotatable bonds is 4. The number of nitrogens with zero attached hydrogens (tertiary/aromatic N) is 2. The zero-order valence-electron chi connectivity index (χ0n) is 30.3. The predicted molar refractivity (Wildman–Crippen MR) is 235 cm³/mol. The fraction of sp³-hybridized carbons (Fsp3) is 0. The summed E-state index contributed by atoms with van der Waals surface area (Å²) in [6.45, 7) is 0. The molecule has 0 saturated carbocycles. The standard InChI is InChI=1S/C53H32N2O/c1-2-13-34(14-3-1)53-54-46-30-28-33-25-26-35-31-37(27-29-39(35)51(33)52(46)56-53)50-44-21-6-4-19-42(44)49(43-20-5-7-22-45(43)50)36-15-12-16-38(32-36)55-47-23-10-8-17-40(47)41-18-9-11-24-48(41)55/h1-32H. The first-order valence-electron chi connectivity index (χ1n) is 19.1. The number of fused-ring (bicyclic) bond motifs is 10. The maximum atomic E-state index is 6.52. The van der Waals surface area contributed by atoms with E-state index < -0.39 is 0 Å². The van der Waals surface area contributed by atoms with Crippen molar-refractivity contribution in [2.45, 2.75) is 0 Å². The summed E-state index contributed by atoms with van der Waals surface area (Å²) in [5.41, 5.74) is 11.1. The molecule has 0 amide bonds. The van der Waals surface area contributed by atoms with Crippen LogP contribution in [-0.4, -0.2) is 9.55 Å². The third kappa shape index (κ3) is 4.55. The Morgan fingerprint density at radius 1 is 0.375 bits per heavy atom. The second-order valence-corrected chi connectivity index (χ2v) is 14.7. The molecule has 0 fully saturated rings. The minimum atomic E-state index is 0.639. The SMILES string of the molecule is c1ccc(-c2nc3ccc4ccc5cc(-c6c7ccccc7c(-c7cccc(-n8c9ccccc9c9ccccc98)c7)c7ccccc67)ccc5c4c3o2)cc1. The summed E-state index contributed by atoms with van der Waals surface area (Å²) >= 11 is 0. The van der Waals surface area contributed by atoms with E-state index in [9.17, 15) is 0 Å². The van der Waals surface area contributed by atoms with Crippen molar-refractivity contribution in [3.8, 4) is 39.4 Å². The van der Waals surface area contributed by atoms with Crippen molar-refractivity contribution in [1.82, 2.24) is 9.55 Å². The first kappa shape index (κ1) is 30.9. The van der Waals surface area contributed by atoms with Gasteiger partial charge in [-0.05, 0) is 108 Å². The first-order valence-corrected chi connectivity index (χ1v) is 19.1. The number of hydrogen-bond donors (Lipinski definition) is 0. The summed E-state index contributed by atoms with van der Waals surface area (Å²) in [5.74, 6) is 0.639. The lowest BCUT2D eigenvalue weighted by molar-refractivity contribution is 0.623. The molecule has 0 N–H and O–H groups in total. The minimum Gasteiger partial charge on any atom is -0.435 e. The molecule has 12 aromatic rings. The van der Waals surface area contributed by atoms with Gasteiger partial charge in [0.25, 0.3) is 0 Å². The van der Waals surface area contributed by atoms with Gasteiger partial charge in [-0.1, -0.05) is 146 Å². The number of hydrogen-bond acceptors (Lipinski definition) is 2. The highest BCUT2D eigenvalue weighted by molar-refractivity contribution is 6.23. The summed E-state index contributed by atoms with van der Waals surface area (Å²) in [6, 6.07) is 70.0. The van der Waals surface area contributed by atoms with Crippen LogP contribution in [0.15, 0.2) is 199 Å². The molecule has 3 heteroatoms. The van der Waals surface area contributed by atoms with Gasteiger partial charge in [0.1, 0.15) is 5.52 Å². The molecule has 0 spiro atoms. The van der Waals surface area contributed by atoms with Crippen LogP contribution >= 0.6 is 0 Å². The van der Waals surface area contributed by atoms with Crippen LogP contribution in [0.2, 0.25) is 0 Å². The van der Waals surface area contributed by atoms with Crippen LogP contribution in [0.1, 0.15) is 0 Å². The second kappa shape index (κ2) is 12.0. The average Bonchev–Trinajstić information content (AvgIpc) is 3.86. The van der Waals surface area contributed by atoms with Gasteiger partial charge in [-0.2, -0.15) is 0 Å². The molecule has 56 heavy (non-hydrogen) atoms. The van der Waals surface area contributed by atoms with E-state index >= 15 is 0 Å². The van der Waals surface area contributed by atoms with Crippen LogP contribution < -0.4 is 0 Å². The van der Waals surface area contributed by atoms with E-state index in [1.807, 2.05) is 30.3 Å². The van der Waals surface area contributed by atoms with Gasteiger partial charge < -0.3 is 8.98 Å². The summed E-state index contributed by atoms with van der Waals surface area (Å²) in [7, 11) is 0. The molecule has 10 aromatic carbocycles. The highest BCUT2D eigenvalue weighted by Crippen LogP contribution is 2.45. The molecule has 260 valence electrons. The van der Waals surface area contributed by atoms with Gasteiger partial charge in [0.05, 0.1) is 11.0 Å². The van der Waals surface area contributed by atoms with Crippen LogP contribution in [0.4, 0.5) is 0 Å². The fourth-order valence-electron chi connectivity index (χ4n) is 9.14. The van der Waals surface area contributed by atoms with E-state index in [1.165, 1.54) is 65.6 Å². The van der Waals surface area contributed by atoms with Crippen molar-refractivity contribution in [3.63, 3.8) is 0 Å². The maximum absolute atomic E-state index is 6.52. The molecule has 3 nitrogen and oxygen atoms in total. The molecule has 2 heterocycles. The first-order chi connectivity index (χ1) is 27.8. The normalized spacial score (nSPS) is 11.9. The molecule has 2 aromatic heterocycles. The maximum Gasteiger partial charge on any atom is 0.227 e. The van der Waals surface area contributed by atoms with Crippen LogP contribution in [-0.2, 0) is 0 Å². The zero-order valence-corrected chi connectivity index (χ0v) is 30.3. The summed E-state index contributed by atoms with van der Waals surface area (Å²) in [5, 5.41) is 12.0. The Labute approximate surface area is 322 Å². The smallest absolute Gasteiger partial charge is 0.227 e. The largest absolute Gasteiger partial charge is 0.435 e. The number of oxazole rings is 1. The molecular formula is C53H32N2O. The number of aromatic nitrogens is 2. The summed E-state index contributed by atoms with van der Waals surface area (Å²) in [4.78, 5) is 4.89. The molecule has 0 bridgehead atoms. The van der Waals surface area contributed by atoms with Crippen molar-refractivity contribution in [3.05, 3.63) is 194 Å². The average molecular weight is 713 g/mol. The van der Waals surface area contributed by atoms with Gasteiger partial charge in [0.2, 0.25) is 5.89 Å². The van der Waals surface area contributed by atoms with Gasteiger partial charge in [-0.25, -0.2) is 4.98 Å². The highest BCUT2D eigenvalue weighted by Gasteiger charge is 2.19. The predicted octanol–water partition coefficient (Wildman–Crippen LogP) is 14.5. The monoisotopic (exact) mass is 712 g/mol. The van der Waals surface area contributed by atoms with E-state index in [-0.39, 0.29) is 0 Å². The topological polar surface area (TPSA) is 31.0 Å². The molecule has 12 rings (SSSR count). The molecule has 0 atom stereocenters. The summed E-state index contributed by atoms with van der Waals surface area (Å²) in [6.07, 6.45) is 0. The molecule has 0 unspecified atom stereocenters. The third-order valence-electron chi connectivity index (χ3n) is 11.6. The molecule has 0 aliphatic carbocycles. The van der Waals surface area contributed by atoms with Crippen molar-refractivity contribution < 1.29 is 4.42 Å². The van der Waals surface area contributed by atoms with E-state index in [1.54, 1.807) is 0 Å². The van der Waals surface area contributed by atoms with Crippen LogP contribution in [0.5, 0.6) is 0 Å². The van der Waals surface area contributed by atoms with Crippen molar-refractivity contribution in [2.24, 2.45) is 0 Å². The van der Waals surface area contributed by atoms with Crippen molar-refractivity contribution in [1.29, 1.82) is 0 Å². The van der Waals surface area contributed by atoms with Crippen LogP contribution in [0, 0.1) is 0 Å². The van der Waals surface area contributed by atoms with Crippen molar-refractivity contribution >= 4 is 76.0 Å². The quantitative estimate of drug-likeness (QED) is 0.134. The Kier molecular flexibility index (Phi) is 6.63. The lowest BCUT2D eigenvalue weighted by atomic mass is 9.85. The van der Waals surface area contributed by atoms with Gasteiger partial charge >= 0.3 is 0 Å². The Morgan fingerprint density at radius 3 is 1.57 bits per heavy atom. The zero-order chi connectivity index (χ0) is 36.7. The molecular weight excluding hydrogens is 681 g/mol.